The Labute approximate surface area is 135 Å². The third kappa shape index (κ3) is 3.61. The molecule has 114 valence electrons. The largest absolute Gasteiger partial charge is 0.302 e. The van der Waals surface area contributed by atoms with Gasteiger partial charge >= 0.3 is 0 Å². The third-order valence-corrected chi connectivity index (χ3v) is 4.69. The standard InChI is InChI=1S/C17H20N4S/c1-14-17(22-13-18-14)7-10-20(2)12-15-5-3-6-16(11-15)21-9-4-8-19-21/h3-6,8-9,11,13H,7,10,12H2,1-2H3. The SMILES string of the molecule is Cc1ncsc1CCN(C)Cc1cccc(-n2cccn2)c1. The van der Waals surface area contributed by atoms with Crippen LogP contribution in [0.15, 0.2) is 48.2 Å². The van der Waals surface area contributed by atoms with E-state index in [1.54, 1.807) is 17.5 Å². The normalized spacial score (nSPS) is 11.2. The smallest absolute Gasteiger partial charge is 0.0797 e. The van der Waals surface area contributed by atoms with Crippen LogP contribution < -0.4 is 0 Å². The monoisotopic (exact) mass is 312 g/mol. The molecule has 3 rings (SSSR count). The van der Waals surface area contributed by atoms with Crippen LogP contribution in [-0.2, 0) is 13.0 Å². The van der Waals surface area contributed by atoms with Crippen molar-refractivity contribution in [2.75, 3.05) is 13.6 Å². The van der Waals surface area contributed by atoms with E-state index in [-0.39, 0.29) is 0 Å². The summed E-state index contributed by atoms with van der Waals surface area (Å²) in [6, 6.07) is 10.5. The number of nitrogens with zero attached hydrogens (tertiary/aromatic N) is 4. The average molecular weight is 312 g/mol. The van der Waals surface area contributed by atoms with E-state index in [2.05, 4.69) is 53.2 Å². The van der Waals surface area contributed by atoms with Gasteiger partial charge in [-0.3, -0.25) is 0 Å². The predicted molar refractivity (Wildman–Crippen MR) is 90.5 cm³/mol. The fourth-order valence-electron chi connectivity index (χ4n) is 2.47. The van der Waals surface area contributed by atoms with Gasteiger partial charge in [0.25, 0.3) is 0 Å². The topological polar surface area (TPSA) is 34.0 Å². The van der Waals surface area contributed by atoms with Gasteiger partial charge in [-0.05, 0) is 44.2 Å². The van der Waals surface area contributed by atoms with Crippen LogP contribution in [0, 0.1) is 6.92 Å². The molecular weight excluding hydrogens is 292 g/mol. The molecular formula is C17H20N4S. The predicted octanol–water partition coefficient (Wildman–Crippen LogP) is 3.31. The lowest BCUT2D eigenvalue weighted by atomic mass is 10.2. The Hall–Kier alpha value is -1.98. The van der Waals surface area contributed by atoms with Crippen molar-refractivity contribution in [3.63, 3.8) is 0 Å². The number of aromatic nitrogens is 3. The van der Waals surface area contributed by atoms with Gasteiger partial charge in [0.15, 0.2) is 0 Å². The van der Waals surface area contributed by atoms with Gasteiger partial charge in [-0.2, -0.15) is 5.10 Å². The zero-order valence-corrected chi connectivity index (χ0v) is 13.8. The lowest BCUT2D eigenvalue weighted by molar-refractivity contribution is 0.332. The Morgan fingerprint density at radius 3 is 2.91 bits per heavy atom. The molecule has 0 N–H and O–H groups in total. The molecule has 1 aromatic carbocycles. The fourth-order valence-corrected chi connectivity index (χ4v) is 3.24. The highest BCUT2D eigenvalue weighted by Crippen LogP contribution is 2.15. The van der Waals surface area contributed by atoms with Crippen LogP contribution in [0.2, 0.25) is 0 Å². The molecule has 0 aliphatic carbocycles. The molecule has 0 saturated carbocycles. The molecule has 0 bridgehead atoms. The van der Waals surface area contributed by atoms with Crippen molar-refractivity contribution >= 4 is 11.3 Å². The Balaban J connectivity index is 1.60. The Bertz CT molecular complexity index is 718. The van der Waals surface area contributed by atoms with Crippen LogP contribution in [0.3, 0.4) is 0 Å². The lowest BCUT2D eigenvalue weighted by Gasteiger charge is -2.17. The summed E-state index contributed by atoms with van der Waals surface area (Å²) in [5.41, 5.74) is 5.50. The summed E-state index contributed by atoms with van der Waals surface area (Å²) in [4.78, 5) is 8.04. The maximum Gasteiger partial charge on any atom is 0.0797 e. The highest BCUT2D eigenvalue weighted by Gasteiger charge is 2.06. The molecule has 0 unspecified atom stereocenters. The van der Waals surface area contributed by atoms with Crippen molar-refractivity contribution in [2.45, 2.75) is 19.9 Å². The van der Waals surface area contributed by atoms with Crippen molar-refractivity contribution in [1.29, 1.82) is 0 Å². The van der Waals surface area contributed by atoms with Crippen LogP contribution in [0.1, 0.15) is 16.1 Å². The fraction of sp³-hybridized carbons (Fsp3) is 0.294. The molecule has 5 heteroatoms. The maximum absolute atomic E-state index is 4.31. The minimum Gasteiger partial charge on any atom is -0.302 e. The molecule has 2 aromatic heterocycles. The second-order valence-corrected chi connectivity index (χ2v) is 6.41. The molecule has 0 amide bonds. The molecule has 0 atom stereocenters. The number of rotatable bonds is 6. The highest BCUT2D eigenvalue weighted by atomic mass is 32.1. The van der Waals surface area contributed by atoms with Crippen LogP contribution in [-0.4, -0.2) is 33.3 Å². The number of benzene rings is 1. The van der Waals surface area contributed by atoms with Gasteiger partial charge in [-0.1, -0.05) is 12.1 Å². The Morgan fingerprint density at radius 1 is 1.27 bits per heavy atom. The van der Waals surface area contributed by atoms with Crippen LogP contribution in [0.25, 0.3) is 5.69 Å². The number of thiazole rings is 1. The zero-order valence-electron chi connectivity index (χ0n) is 12.9. The van der Waals surface area contributed by atoms with E-state index in [1.165, 1.54) is 16.1 Å². The van der Waals surface area contributed by atoms with Crippen LogP contribution >= 0.6 is 11.3 Å². The van der Waals surface area contributed by atoms with Crippen molar-refractivity contribution in [1.82, 2.24) is 19.7 Å². The second-order valence-electron chi connectivity index (χ2n) is 5.47. The minimum atomic E-state index is 0.937. The van der Waals surface area contributed by atoms with E-state index in [1.807, 2.05) is 22.5 Å². The molecule has 4 nitrogen and oxygen atoms in total. The van der Waals surface area contributed by atoms with Crippen molar-refractivity contribution < 1.29 is 0 Å². The number of hydrogen-bond donors (Lipinski definition) is 0. The van der Waals surface area contributed by atoms with Gasteiger partial charge in [0, 0.05) is 30.4 Å². The number of aryl methyl sites for hydroxylation is 1. The van der Waals surface area contributed by atoms with Crippen molar-refractivity contribution in [3.8, 4) is 5.69 Å². The summed E-state index contributed by atoms with van der Waals surface area (Å²) in [6.07, 6.45) is 4.83. The molecule has 0 saturated heterocycles. The number of hydrogen-bond acceptors (Lipinski definition) is 4. The molecule has 0 aliphatic heterocycles. The molecule has 0 fully saturated rings. The van der Waals surface area contributed by atoms with Crippen molar-refractivity contribution in [3.05, 3.63) is 64.4 Å². The lowest BCUT2D eigenvalue weighted by Crippen LogP contribution is -2.20. The molecule has 2 heterocycles. The van der Waals surface area contributed by atoms with Gasteiger partial charge in [0.05, 0.1) is 16.9 Å². The van der Waals surface area contributed by atoms with E-state index < -0.39 is 0 Å². The third-order valence-electron chi connectivity index (χ3n) is 3.70. The summed E-state index contributed by atoms with van der Waals surface area (Å²) >= 11 is 1.75. The summed E-state index contributed by atoms with van der Waals surface area (Å²) in [5, 5.41) is 4.28. The van der Waals surface area contributed by atoms with Crippen molar-refractivity contribution in [2.24, 2.45) is 0 Å². The van der Waals surface area contributed by atoms with Gasteiger partial charge in [0.2, 0.25) is 0 Å². The summed E-state index contributed by atoms with van der Waals surface area (Å²) in [7, 11) is 2.16. The van der Waals surface area contributed by atoms with Gasteiger partial charge < -0.3 is 4.90 Å². The Kier molecular flexibility index (Phi) is 4.65. The maximum atomic E-state index is 4.31. The molecule has 0 aliphatic rings. The molecule has 0 spiro atoms. The van der Waals surface area contributed by atoms with Gasteiger partial charge in [-0.25, -0.2) is 9.67 Å². The first kappa shape index (κ1) is 14.9. The summed E-state index contributed by atoms with van der Waals surface area (Å²) in [5.74, 6) is 0. The number of likely N-dealkylation sites (N-methyl/N-ethyl adjacent to an activating group) is 1. The van der Waals surface area contributed by atoms with Crippen LogP contribution in [0.4, 0.5) is 0 Å². The van der Waals surface area contributed by atoms with Crippen LogP contribution in [0.5, 0.6) is 0 Å². The van der Waals surface area contributed by atoms with E-state index in [0.717, 1.165) is 25.2 Å². The summed E-state index contributed by atoms with van der Waals surface area (Å²) in [6.45, 7) is 4.06. The molecule has 0 radical (unpaired) electrons. The Morgan fingerprint density at radius 2 is 2.18 bits per heavy atom. The first-order valence-electron chi connectivity index (χ1n) is 7.39. The quantitative estimate of drug-likeness (QED) is 0.700. The van der Waals surface area contributed by atoms with E-state index in [4.69, 9.17) is 0 Å². The first-order valence-corrected chi connectivity index (χ1v) is 8.27. The molecule has 22 heavy (non-hydrogen) atoms. The van der Waals surface area contributed by atoms with Gasteiger partial charge in [-0.15, -0.1) is 11.3 Å². The van der Waals surface area contributed by atoms with E-state index >= 15 is 0 Å². The average Bonchev–Trinajstić information content (AvgIpc) is 3.17. The summed E-state index contributed by atoms with van der Waals surface area (Å²) < 4.78 is 1.89. The van der Waals surface area contributed by atoms with Gasteiger partial charge in [0.1, 0.15) is 0 Å². The second kappa shape index (κ2) is 6.85. The van der Waals surface area contributed by atoms with E-state index in [9.17, 15) is 0 Å². The highest BCUT2D eigenvalue weighted by molar-refractivity contribution is 7.09. The minimum absolute atomic E-state index is 0.937. The first-order chi connectivity index (χ1) is 10.7. The van der Waals surface area contributed by atoms with E-state index in [0.29, 0.717) is 0 Å². The molecule has 3 aromatic rings. The zero-order chi connectivity index (χ0) is 15.4.